The highest BCUT2D eigenvalue weighted by Gasteiger charge is 2.41. The largest absolute Gasteiger partial charge is 0.126 e. The summed E-state index contributed by atoms with van der Waals surface area (Å²) < 4.78 is 1.14. The number of rotatable bonds is 3. The van der Waals surface area contributed by atoms with Crippen LogP contribution in [0.15, 0.2) is 22.7 Å². The quantitative estimate of drug-likeness (QED) is 0.711. The number of benzene rings is 1. The summed E-state index contributed by atoms with van der Waals surface area (Å²) in [5.74, 6) is 0.756. The molecule has 0 N–H and O–H groups in total. The Labute approximate surface area is 103 Å². The maximum Gasteiger partial charge on any atom is 0.0409 e. The van der Waals surface area contributed by atoms with Crippen molar-refractivity contribution >= 4 is 39.1 Å². The van der Waals surface area contributed by atoms with Crippen molar-refractivity contribution in [2.24, 2.45) is 5.41 Å². The molecule has 0 aliphatic heterocycles. The van der Waals surface area contributed by atoms with Gasteiger partial charge in [-0.15, -0.1) is 11.6 Å². The molecule has 1 saturated carbocycles. The predicted octanol–water partition coefficient (Wildman–Crippen LogP) is 4.66. The Balaban J connectivity index is 2.20. The van der Waals surface area contributed by atoms with Crippen LogP contribution in [0.5, 0.6) is 0 Å². The average Bonchev–Trinajstić information content (AvgIpc) is 2.92. The molecule has 2 rings (SSSR count). The molecule has 1 aliphatic carbocycles. The summed E-state index contributed by atoms with van der Waals surface area (Å²) in [5.41, 5.74) is 1.63. The molecule has 0 heterocycles. The van der Waals surface area contributed by atoms with E-state index in [1.165, 1.54) is 18.4 Å². The Bertz CT molecular complexity index is 345. The van der Waals surface area contributed by atoms with Crippen LogP contribution >= 0.6 is 39.1 Å². The second kappa shape index (κ2) is 4.03. The van der Waals surface area contributed by atoms with Crippen LogP contribution in [0.25, 0.3) is 0 Å². The van der Waals surface area contributed by atoms with Crippen molar-refractivity contribution in [1.29, 1.82) is 0 Å². The lowest BCUT2D eigenvalue weighted by Crippen LogP contribution is -2.07. The van der Waals surface area contributed by atoms with E-state index >= 15 is 0 Å². The van der Waals surface area contributed by atoms with Crippen molar-refractivity contribution in [2.75, 3.05) is 5.88 Å². The molecule has 0 unspecified atom stereocenters. The lowest BCUT2D eigenvalue weighted by molar-refractivity contribution is 0.577. The topological polar surface area (TPSA) is 0 Å². The zero-order chi connectivity index (χ0) is 10.2. The second-order valence-corrected chi connectivity index (χ2v) is 5.60. The zero-order valence-electron chi connectivity index (χ0n) is 7.69. The van der Waals surface area contributed by atoms with Gasteiger partial charge in [-0.3, -0.25) is 0 Å². The van der Waals surface area contributed by atoms with Crippen molar-refractivity contribution in [3.05, 3.63) is 33.3 Å². The Morgan fingerprint density at radius 1 is 1.36 bits per heavy atom. The summed E-state index contributed by atoms with van der Waals surface area (Å²) in [7, 11) is 0. The molecule has 3 heteroatoms. The lowest BCUT2D eigenvalue weighted by atomic mass is 9.99. The third kappa shape index (κ3) is 2.26. The van der Waals surface area contributed by atoms with Crippen LogP contribution < -0.4 is 0 Å². The van der Waals surface area contributed by atoms with Crippen LogP contribution in [0.1, 0.15) is 18.4 Å². The highest BCUT2D eigenvalue weighted by molar-refractivity contribution is 9.10. The highest BCUT2D eigenvalue weighted by Crippen LogP contribution is 2.50. The van der Waals surface area contributed by atoms with Gasteiger partial charge in [-0.25, -0.2) is 0 Å². The number of hydrogen-bond donors (Lipinski definition) is 0. The minimum absolute atomic E-state index is 0.356. The van der Waals surface area contributed by atoms with Crippen LogP contribution in [0.2, 0.25) is 5.02 Å². The first-order chi connectivity index (χ1) is 6.65. The molecule has 0 saturated heterocycles. The third-order valence-electron chi connectivity index (χ3n) is 2.81. The first kappa shape index (κ1) is 10.8. The minimum atomic E-state index is 0.356. The van der Waals surface area contributed by atoms with Crippen molar-refractivity contribution in [2.45, 2.75) is 19.3 Å². The fraction of sp³-hybridized carbons (Fsp3) is 0.455. The Morgan fingerprint density at radius 2 is 2.07 bits per heavy atom. The monoisotopic (exact) mass is 292 g/mol. The summed E-state index contributed by atoms with van der Waals surface area (Å²) in [6, 6.07) is 5.93. The molecule has 0 bridgehead atoms. The molecule has 1 fully saturated rings. The molecule has 0 spiro atoms. The van der Waals surface area contributed by atoms with Gasteiger partial charge in [-0.1, -0.05) is 27.5 Å². The minimum Gasteiger partial charge on any atom is -0.126 e. The van der Waals surface area contributed by atoms with E-state index in [2.05, 4.69) is 15.9 Å². The van der Waals surface area contributed by atoms with Gasteiger partial charge in [0.2, 0.25) is 0 Å². The molecule has 76 valence electrons. The maximum absolute atomic E-state index is 5.96. The van der Waals surface area contributed by atoms with Gasteiger partial charge in [0.15, 0.2) is 0 Å². The fourth-order valence-electron chi connectivity index (χ4n) is 1.62. The molecular formula is C11H11BrCl2. The summed E-state index contributed by atoms with van der Waals surface area (Å²) in [6.45, 7) is 0. The van der Waals surface area contributed by atoms with E-state index in [-0.39, 0.29) is 0 Å². The lowest BCUT2D eigenvalue weighted by Gasteiger charge is -2.12. The zero-order valence-corrected chi connectivity index (χ0v) is 10.8. The first-order valence-electron chi connectivity index (χ1n) is 4.65. The second-order valence-electron chi connectivity index (χ2n) is 4.05. The number of hydrogen-bond acceptors (Lipinski definition) is 0. The van der Waals surface area contributed by atoms with Gasteiger partial charge in [0.1, 0.15) is 0 Å². The normalized spacial score (nSPS) is 18.2. The third-order valence-corrected chi connectivity index (χ3v) is 4.39. The Kier molecular flexibility index (Phi) is 3.11. The van der Waals surface area contributed by atoms with E-state index in [4.69, 9.17) is 23.2 Å². The van der Waals surface area contributed by atoms with Gasteiger partial charge in [-0.05, 0) is 48.4 Å². The van der Waals surface area contributed by atoms with Gasteiger partial charge >= 0.3 is 0 Å². The number of alkyl halides is 1. The molecule has 1 aromatic rings. The van der Waals surface area contributed by atoms with Crippen LogP contribution in [-0.4, -0.2) is 5.88 Å². The molecule has 0 nitrogen and oxygen atoms in total. The molecule has 0 atom stereocenters. The number of halogens is 3. The Morgan fingerprint density at radius 3 is 2.64 bits per heavy atom. The summed E-state index contributed by atoms with van der Waals surface area (Å²) in [4.78, 5) is 0. The van der Waals surface area contributed by atoms with E-state index in [9.17, 15) is 0 Å². The molecule has 1 aliphatic rings. The van der Waals surface area contributed by atoms with E-state index in [1.54, 1.807) is 0 Å². The fourth-order valence-corrected chi connectivity index (χ4v) is 2.56. The molecule has 1 aromatic carbocycles. The highest BCUT2D eigenvalue weighted by atomic mass is 79.9. The molecule has 14 heavy (non-hydrogen) atoms. The molecule has 0 aromatic heterocycles. The van der Waals surface area contributed by atoms with E-state index in [1.807, 2.05) is 18.2 Å². The smallest absolute Gasteiger partial charge is 0.0409 e. The van der Waals surface area contributed by atoms with Crippen LogP contribution in [-0.2, 0) is 6.42 Å². The summed E-state index contributed by atoms with van der Waals surface area (Å²) >= 11 is 15.4. The van der Waals surface area contributed by atoms with Crippen LogP contribution in [0, 0.1) is 5.41 Å². The van der Waals surface area contributed by atoms with Gasteiger partial charge in [-0.2, -0.15) is 0 Å². The summed E-state index contributed by atoms with van der Waals surface area (Å²) in [6.07, 6.45) is 3.53. The van der Waals surface area contributed by atoms with Crippen LogP contribution in [0.4, 0.5) is 0 Å². The summed E-state index contributed by atoms with van der Waals surface area (Å²) in [5, 5.41) is 0.800. The van der Waals surface area contributed by atoms with E-state index < -0.39 is 0 Å². The van der Waals surface area contributed by atoms with Gasteiger partial charge in [0.05, 0.1) is 0 Å². The molecular weight excluding hydrogens is 283 g/mol. The van der Waals surface area contributed by atoms with Crippen LogP contribution in [0.3, 0.4) is 0 Å². The van der Waals surface area contributed by atoms with Gasteiger partial charge < -0.3 is 0 Å². The van der Waals surface area contributed by atoms with Crippen molar-refractivity contribution < 1.29 is 0 Å². The van der Waals surface area contributed by atoms with Crippen molar-refractivity contribution in [3.63, 3.8) is 0 Å². The van der Waals surface area contributed by atoms with Crippen molar-refractivity contribution in [3.8, 4) is 0 Å². The van der Waals surface area contributed by atoms with Gasteiger partial charge in [0, 0.05) is 15.4 Å². The Hall–Kier alpha value is 0.280. The van der Waals surface area contributed by atoms with E-state index in [0.717, 1.165) is 21.8 Å². The standard InChI is InChI=1S/C11H11BrCl2/c12-10-2-1-9(14)5-8(10)6-11(7-13)3-4-11/h1-2,5H,3-4,6-7H2. The van der Waals surface area contributed by atoms with Crippen molar-refractivity contribution in [1.82, 2.24) is 0 Å². The SMILES string of the molecule is ClCC1(Cc2cc(Cl)ccc2Br)CC1. The maximum atomic E-state index is 5.96. The molecule has 0 radical (unpaired) electrons. The van der Waals surface area contributed by atoms with E-state index in [0.29, 0.717) is 5.41 Å². The molecule has 0 amide bonds. The predicted molar refractivity (Wildman–Crippen MR) is 65.2 cm³/mol. The average molecular weight is 294 g/mol. The van der Waals surface area contributed by atoms with Gasteiger partial charge in [0.25, 0.3) is 0 Å². The first-order valence-corrected chi connectivity index (χ1v) is 6.36.